The third-order valence-corrected chi connectivity index (χ3v) is 5.13. The van der Waals surface area contributed by atoms with Crippen molar-refractivity contribution in [1.29, 1.82) is 0 Å². The van der Waals surface area contributed by atoms with Crippen LogP contribution in [-0.4, -0.2) is 14.5 Å². The van der Waals surface area contributed by atoms with Crippen molar-refractivity contribution in [2.45, 2.75) is 0 Å². The lowest BCUT2D eigenvalue weighted by molar-refractivity contribution is -0.402. The molecule has 4 rings (SSSR count). The predicted octanol–water partition coefficient (Wildman–Crippen LogP) is 5.32. The summed E-state index contributed by atoms with van der Waals surface area (Å²) in [6, 6.07) is 15.1. The molecule has 144 valence electrons. The molecule has 2 aromatic heterocycles. The maximum Gasteiger partial charge on any atom is 0.433 e. The zero-order valence-electron chi connectivity index (χ0n) is 14.6. The number of para-hydroxylation sites is 1. The molecule has 0 unspecified atom stereocenters. The molecule has 0 radical (unpaired) electrons. The van der Waals surface area contributed by atoms with E-state index in [1.54, 1.807) is 42.5 Å². The zero-order chi connectivity index (χ0) is 20.5. The van der Waals surface area contributed by atoms with Crippen LogP contribution in [0.1, 0.15) is 11.6 Å². The molecule has 9 heteroatoms. The average Bonchev–Trinajstić information content (AvgIpc) is 3.17. The lowest BCUT2D eigenvalue weighted by Crippen LogP contribution is -2.22. The van der Waals surface area contributed by atoms with Gasteiger partial charge in [0.25, 0.3) is 5.56 Å². The Morgan fingerprint density at radius 3 is 2.66 bits per heavy atom. The van der Waals surface area contributed by atoms with Crippen LogP contribution in [0, 0.1) is 13.7 Å². The van der Waals surface area contributed by atoms with Crippen LogP contribution in [0.15, 0.2) is 63.8 Å². The smallest absolute Gasteiger partial charge is 0.401 e. The monoisotopic (exact) mass is 519 g/mol. The van der Waals surface area contributed by atoms with E-state index in [0.717, 1.165) is 3.57 Å². The van der Waals surface area contributed by atoms with Crippen LogP contribution in [0.5, 0.6) is 0 Å². The number of fused-ring (bicyclic) bond motifs is 1. The van der Waals surface area contributed by atoms with Crippen molar-refractivity contribution in [3.05, 3.63) is 95.2 Å². The normalized spacial score (nSPS) is 11.4. The Hall–Kier alpha value is -2.98. The summed E-state index contributed by atoms with van der Waals surface area (Å²) >= 11 is 8.47. The largest absolute Gasteiger partial charge is 0.433 e. The molecule has 7 nitrogen and oxygen atoms in total. The molecule has 2 aromatic carbocycles. The van der Waals surface area contributed by atoms with Crippen LogP contribution in [0.3, 0.4) is 0 Å². The highest BCUT2D eigenvalue weighted by Crippen LogP contribution is 2.23. The van der Waals surface area contributed by atoms with Crippen LogP contribution in [0.4, 0.5) is 5.88 Å². The molecule has 4 aromatic rings. The summed E-state index contributed by atoms with van der Waals surface area (Å²) in [6.07, 6.45) is 3.07. The molecule has 0 amide bonds. The van der Waals surface area contributed by atoms with Gasteiger partial charge in [-0.1, -0.05) is 23.7 Å². The summed E-state index contributed by atoms with van der Waals surface area (Å²) in [4.78, 5) is 28.0. The molecule has 29 heavy (non-hydrogen) atoms. The lowest BCUT2D eigenvalue weighted by Gasteiger charge is -2.12. The predicted molar refractivity (Wildman–Crippen MR) is 119 cm³/mol. The standard InChI is InChI=1S/C20H11ClIN3O4/c21-15-3-1-2-4-17(15)24-18(9-6-13-7-10-19(29-13)25(27)28)23-16-8-5-12(22)11-14(16)20(24)26/h1-11H/b9-6+. The minimum absolute atomic E-state index is 0.263. The number of aromatic nitrogens is 2. The van der Waals surface area contributed by atoms with E-state index in [0.29, 0.717) is 27.4 Å². The summed E-state index contributed by atoms with van der Waals surface area (Å²) in [7, 11) is 0. The number of benzene rings is 2. The zero-order valence-corrected chi connectivity index (χ0v) is 17.5. The number of furan rings is 1. The Morgan fingerprint density at radius 1 is 1.14 bits per heavy atom. The van der Waals surface area contributed by atoms with Crippen molar-refractivity contribution >= 4 is 63.1 Å². The highest BCUT2D eigenvalue weighted by molar-refractivity contribution is 14.1. The third kappa shape index (κ3) is 3.81. The molecule has 0 spiro atoms. The van der Waals surface area contributed by atoms with Gasteiger partial charge >= 0.3 is 5.88 Å². The van der Waals surface area contributed by atoms with E-state index in [1.165, 1.54) is 22.8 Å². The van der Waals surface area contributed by atoms with Crippen molar-refractivity contribution in [2.75, 3.05) is 0 Å². The molecule has 0 aliphatic heterocycles. The molecule has 0 aliphatic carbocycles. The van der Waals surface area contributed by atoms with Crippen LogP contribution in [-0.2, 0) is 0 Å². The van der Waals surface area contributed by atoms with Crippen molar-refractivity contribution < 1.29 is 9.34 Å². The number of hydrogen-bond donors (Lipinski definition) is 0. The van der Waals surface area contributed by atoms with Crippen LogP contribution in [0.2, 0.25) is 5.02 Å². The Labute approximate surface area is 182 Å². The highest BCUT2D eigenvalue weighted by Gasteiger charge is 2.14. The van der Waals surface area contributed by atoms with Gasteiger partial charge in [0.1, 0.15) is 16.5 Å². The minimum Gasteiger partial charge on any atom is -0.401 e. The molecule has 0 atom stereocenters. The summed E-state index contributed by atoms with van der Waals surface area (Å²) in [5.41, 5.74) is 0.744. The van der Waals surface area contributed by atoms with Gasteiger partial charge in [-0.3, -0.25) is 19.5 Å². The van der Waals surface area contributed by atoms with Crippen molar-refractivity contribution in [1.82, 2.24) is 9.55 Å². The van der Waals surface area contributed by atoms with Crippen molar-refractivity contribution in [3.63, 3.8) is 0 Å². The number of rotatable bonds is 4. The third-order valence-electron chi connectivity index (χ3n) is 4.14. The molecule has 2 heterocycles. The molecule has 0 saturated heterocycles. The Balaban J connectivity index is 1.94. The second-order valence-corrected chi connectivity index (χ2v) is 7.64. The molecule has 0 fully saturated rings. The molecule has 0 aliphatic rings. The van der Waals surface area contributed by atoms with E-state index in [1.807, 2.05) is 6.07 Å². The first kappa shape index (κ1) is 19.3. The Bertz CT molecular complexity index is 1340. The number of hydrogen-bond acceptors (Lipinski definition) is 5. The quantitative estimate of drug-likeness (QED) is 0.207. The molecular formula is C20H11ClIN3O4. The van der Waals surface area contributed by atoms with Gasteiger partial charge in [0.15, 0.2) is 0 Å². The SMILES string of the molecule is O=c1c2cc(I)ccc2nc(/C=C/c2ccc([N+](=O)[O-])o2)n1-c1ccccc1Cl. The number of nitro groups is 1. The number of nitrogens with zero attached hydrogens (tertiary/aromatic N) is 3. The Kier molecular flexibility index (Phi) is 5.20. The summed E-state index contributed by atoms with van der Waals surface area (Å²) in [6.45, 7) is 0. The molecule has 0 N–H and O–H groups in total. The van der Waals surface area contributed by atoms with Gasteiger partial charge in [-0.25, -0.2) is 4.98 Å². The summed E-state index contributed by atoms with van der Waals surface area (Å²) in [5, 5.41) is 11.7. The van der Waals surface area contributed by atoms with Gasteiger partial charge in [0, 0.05) is 3.57 Å². The highest BCUT2D eigenvalue weighted by atomic mass is 127. The van der Waals surface area contributed by atoms with E-state index < -0.39 is 4.92 Å². The first-order chi connectivity index (χ1) is 13.9. The first-order valence-corrected chi connectivity index (χ1v) is 9.79. The van der Waals surface area contributed by atoms with Crippen LogP contribution in [0.25, 0.3) is 28.7 Å². The topological polar surface area (TPSA) is 91.2 Å². The van der Waals surface area contributed by atoms with Gasteiger partial charge in [-0.2, -0.15) is 0 Å². The number of halogens is 2. The minimum atomic E-state index is -0.618. The summed E-state index contributed by atoms with van der Waals surface area (Å²) < 4.78 is 7.46. The van der Waals surface area contributed by atoms with E-state index in [4.69, 9.17) is 16.0 Å². The van der Waals surface area contributed by atoms with Gasteiger partial charge in [-0.05, 0) is 71.1 Å². The van der Waals surface area contributed by atoms with Crippen molar-refractivity contribution in [2.24, 2.45) is 0 Å². The van der Waals surface area contributed by atoms with Gasteiger partial charge in [0.2, 0.25) is 0 Å². The molecular weight excluding hydrogens is 509 g/mol. The van der Waals surface area contributed by atoms with Gasteiger partial charge in [-0.15, -0.1) is 0 Å². The fraction of sp³-hybridized carbons (Fsp3) is 0. The molecule has 0 saturated carbocycles. The second kappa shape index (κ2) is 7.80. The fourth-order valence-electron chi connectivity index (χ4n) is 2.84. The van der Waals surface area contributed by atoms with E-state index in [2.05, 4.69) is 27.6 Å². The summed E-state index contributed by atoms with van der Waals surface area (Å²) in [5.74, 6) is 0.212. The van der Waals surface area contributed by atoms with Crippen LogP contribution < -0.4 is 5.56 Å². The van der Waals surface area contributed by atoms with Crippen LogP contribution >= 0.6 is 34.2 Å². The molecule has 0 bridgehead atoms. The fourth-order valence-corrected chi connectivity index (χ4v) is 3.55. The van der Waals surface area contributed by atoms with Crippen molar-refractivity contribution in [3.8, 4) is 5.69 Å². The second-order valence-electron chi connectivity index (χ2n) is 5.99. The van der Waals surface area contributed by atoms with Gasteiger partial charge in [0.05, 0.1) is 27.7 Å². The Morgan fingerprint density at radius 2 is 1.93 bits per heavy atom. The van der Waals surface area contributed by atoms with E-state index in [-0.39, 0.29) is 17.2 Å². The average molecular weight is 520 g/mol. The lowest BCUT2D eigenvalue weighted by atomic mass is 10.2. The maximum absolute atomic E-state index is 13.3. The van der Waals surface area contributed by atoms with E-state index >= 15 is 0 Å². The maximum atomic E-state index is 13.3. The van der Waals surface area contributed by atoms with E-state index in [9.17, 15) is 14.9 Å². The van der Waals surface area contributed by atoms with Gasteiger partial charge < -0.3 is 4.42 Å². The first-order valence-electron chi connectivity index (χ1n) is 8.33.